The van der Waals surface area contributed by atoms with Crippen LogP contribution in [0.2, 0.25) is 5.02 Å². The molecule has 0 spiro atoms. The van der Waals surface area contributed by atoms with Crippen LogP contribution in [-0.2, 0) is 9.59 Å². The van der Waals surface area contributed by atoms with Gasteiger partial charge in [0.15, 0.2) is 0 Å². The average Bonchev–Trinajstić information content (AvgIpc) is 2.20. The van der Waals surface area contributed by atoms with E-state index in [1.54, 1.807) is 0 Å². The maximum Gasteiger partial charge on any atom is 0.328 e. The van der Waals surface area contributed by atoms with Crippen LogP contribution < -0.4 is 10.4 Å². The van der Waals surface area contributed by atoms with Gasteiger partial charge in [-0.2, -0.15) is 0 Å². The average molecular weight is 241 g/mol. The van der Waals surface area contributed by atoms with Crippen molar-refractivity contribution in [3.05, 3.63) is 35.4 Å². The zero-order valence-electron chi connectivity index (χ0n) is 7.94. The Morgan fingerprint density at radius 3 is 2.69 bits per heavy atom. The van der Waals surface area contributed by atoms with Crippen molar-refractivity contribution in [1.29, 1.82) is 0 Å². The quantitative estimate of drug-likeness (QED) is 0.771. The van der Waals surface area contributed by atoms with E-state index in [2.05, 4.69) is 5.32 Å². The minimum absolute atomic E-state index is 0.00698. The van der Waals surface area contributed by atoms with Crippen molar-refractivity contribution in [1.82, 2.24) is 0 Å². The first kappa shape index (κ1) is 12.1. The Balaban J connectivity index is 2.77. The Morgan fingerprint density at radius 2 is 2.06 bits per heavy atom. The molecule has 0 saturated carbocycles. The second-order valence-corrected chi connectivity index (χ2v) is 3.24. The molecule has 1 aromatic carbocycles. The monoisotopic (exact) mass is 240 g/mol. The van der Waals surface area contributed by atoms with Gasteiger partial charge in [0, 0.05) is 22.9 Å². The molecule has 84 valence electrons. The summed E-state index contributed by atoms with van der Waals surface area (Å²) >= 11 is 5.63. The van der Waals surface area contributed by atoms with Crippen LogP contribution in [0.3, 0.4) is 0 Å². The van der Waals surface area contributed by atoms with Gasteiger partial charge < -0.3 is 15.5 Å². The van der Waals surface area contributed by atoms with E-state index in [1.807, 2.05) is 0 Å². The van der Waals surface area contributed by atoms with E-state index in [9.17, 15) is 14.7 Å². The van der Waals surface area contributed by atoms with Gasteiger partial charge in [-0.15, -0.1) is 0 Å². The molecule has 1 rings (SSSR count). The molecule has 5 nitrogen and oxygen atoms in total. The third kappa shape index (κ3) is 3.62. The molecule has 0 aromatic heterocycles. The van der Waals surface area contributed by atoms with Gasteiger partial charge in [-0.3, -0.25) is 4.79 Å². The lowest BCUT2D eigenvalue weighted by Crippen LogP contribution is -2.10. The number of rotatable bonds is 3. The largest absolute Gasteiger partial charge is 0.871 e. The molecular weight excluding hydrogens is 234 g/mol. The van der Waals surface area contributed by atoms with Crippen LogP contribution in [0.1, 0.15) is 0 Å². The lowest BCUT2D eigenvalue weighted by molar-refractivity contribution is -0.267. The maximum absolute atomic E-state index is 11.2. The first-order valence-corrected chi connectivity index (χ1v) is 4.55. The molecule has 0 fully saturated rings. The number of nitrogens with one attached hydrogen (secondary N) is 1. The Bertz CT molecular complexity index is 456. The van der Waals surface area contributed by atoms with Gasteiger partial charge in [0.25, 0.3) is 0 Å². The second-order valence-electron chi connectivity index (χ2n) is 2.80. The summed E-state index contributed by atoms with van der Waals surface area (Å²) in [5, 5.41) is 22.0. The van der Waals surface area contributed by atoms with Gasteiger partial charge >= 0.3 is 5.97 Å². The van der Waals surface area contributed by atoms with Crippen molar-refractivity contribution in [3.63, 3.8) is 0 Å². The van der Waals surface area contributed by atoms with E-state index < -0.39 is 17.6 Å². The lowest BCUT2D eigenvalue weighted by Gasteiger charge is -2.13. The molecule has 0 unspecified atom stereocenters. The molecule has 1 aromatic rings. The number of halogens is 1. The van der Waals surface area contributed by atoms with E-state index in [0.717, 1.165) is 6.08 Å². The van der Waals surface area contributed by atoms with Gasteiger partial charge in [-0.25, -0.2) is 4.79 Å². The summed E-state index contributed by atoms with van der Waals surface area (Å²) < 4.78 is 0. The van der Waals surface area contributed by atoms with Crippen LogP contribution in [0.25, 0.3) is 0 Å². The number of aliphatic carboxylic acids is 1. The van der Waals surface area contributed by atoms with Crippen molar-refractivity contribution < 1.29 is 19.8 Å². The van der Waals surface area contributed by atoms with Gasteiger partial charge in [0.1, 0.15) is 0 Å². The fourth-order valence-electron chi connectivity index (χ4n) is 0.921. The van der Waals surface area contributed by atoms with Crippen LogP contribution in [0, 0.1) is 0 Å². The SMILES string of the molecule is O=C(O)/C=C/C(=O)Nc1cc(Cl)ccc1[O-]. The number of hydrogen-bond acceptors (Lipinski definition) is 3. The maximum atomic E-state index is 11.2. The van der Waals surface area contributed by atoms with Gasteiger partial charge in [0.2, 0.25) is 5.91 Å². The molecular formula is C10H7ClNO4-. The van der Waals surface area contributed by atoms with Crippen LogP contribution in [0.4, 0.5) is 5.69 Å². The van der Waals surface area contributed by atoms with Crippen LogP contribution in [0.15, 0.2) is 30.4 Å². The summed E-state index contributed by atoms with van der Waals surface area (Å²) in [7, 11) is 0. The number of anilines is 1. The molecule has 2 N–H and O–H groups in total. The highest BCUT2D eigenvalue weighted by molar-refractivity contribution is 6.31. The third-order valence-electron chi connectivity index (χ3n) is 1.58. The Hall–Kier alpha value is -2.01. The van der Waals surface area contributed by atoms with Crippen LogP contribution in [0.5, 0.6) is 5.75 Å². The van der Waals surface area contributed by atoms with Gasteiger partial charge in [-0.05, 0) is 12.1 Å². The number of carbonyl (C=O) groups is 2. The molecule has 0 aliphatic rings. The molecule has 0 bridgehead atoms. The van der Waals surface area contributed by atoms with E-state index in [4.69, 9.17) is 16.7 Å². The fourth-order valence-corrected chi connectivity index (χ4v) is 1.09. The third-order valence-corrected chi connectivity index (χ3v) is 1.81. The highest BCUT2D eigenvalue weighted by Gasteiger charge is 2.00. The smallest absolute Gasteiger partial charge is 0.328 e. The lowest BCUT2D eigenvalue weighted by atomic mass is 10.3. The number of carboxylic acid groups (broad SMARTS) is 1. The topological polar surface area (TPSA) is 89.5 Å². The minimum atomic E-state index is -1.25. The zero-order chi connectivity index (χ0) is 12.1. The zero-order valence-corrected chi connectivity index (χ0v) is 8.69. The van der Waals surface area contributed by atoms with Crippen molar-refractivity contribution in [2.75, 3.05) is 5.32 Å². The van der Waals surface area contributed by atoms with E-state index >= 15 is 0 Å². The summed E-state index contributed by atoms with van der Waals surface area (Å²) in [6, 6.07) is 3.89. The van der Waals surface area contributed by atoms with Crippen LogP contribution >= 0.6 is 11.6 Å². The second kappa shape index (κ2) is 5.18. The van der Waals surface area contributed by atoms with E-state index in [-0.39, 0.29) is 5.69 Å². The molecule has 0 atom stereocenters. The summed E-state index contributed by atoms with van der Waals surface area (Å²) in [6.45, 7) is 0. The molecule has 0 aliphatic carbocycles. The predicted molar refractivity (Wildman–Crippen MR) is 56.3 cm³/mol. The van der Waals surface area contributed by atoms with Gasteiger partial charge in [-0.1, -0.05) is 23.4 Å². The molecule has 0 heterocycles. The highest BCUT2D eigenvalue weighted by atomic mass is 35.5. The van der Waals surface area contributed by atoms with Crippen molar-refractivity contribution in [3.8, 4) is 5.75 Å². The van der Waals surface area contributed by atoms with Crippen LogP contribution in [-0.4, -0.2) is 17.0 Å². The van der Waals surface area contributed by atoms with E-state index in [1.165, 1.54) is 18.2 Å². The number of carboxylic acids is 1. The molecule has 0 saturated heterocycles. The summed E-state index contributed by atoms with van der Waals surface area (Å²) in [4.78, 5) is 21.3. The molecule has 0 aliphatic heterocycles. The minimum Gasteiger partial charge on any atom is -0.871 e. The normalized spacial score (nSPS) is 10.3. The number of benzene rings is 1. The Kier molecular flexibility index (Phi) is 3.90. The standard InChI is InChI=1S/C10H8ClNO4/c11-6-1-2-8(13)7(5-6)12-9(14)3-4-10(15)16/h1-5,13H,(H,12,14)(H,15,16)/p-1/b4-3+. The number of hydrogen-bond donors (Lipinski definition) is 2. The fraction of sp³-hybridized carbons (Fsp3) is 0. The highest BCUT2D eigenvalue weighted by Crippen LogP contribution is 2.23. The van der Waals surface area contributed by atoms with Crippen molar-refractivity contribution >= 4 is 29.2 Å². The number of amides is 1. The molecule has 6 heteroatoms. The first-order valence-electron chi connectivity index (χ1n) is 4.17. The summed E-state index contributed by atoms with van der Waals surface area (Å²) in [5.74, 6) is -2.35. The summed E-state index contributed by atoms with van der Waals surface area (Å²) in [6.07, 6.45) is 1.48. The molecule has 1 amide bonds. The Morgan fingerprint density at radius 1 is 1.38 bits per heavy atom. The number of carbonyl (C=O) groups excluding carboxylic acids is 1. The first-order chi connectivity index (χ1) is 7.49. The van der Waals surface area contributed by atoms with Crippen molar-refractivity contribution in [2.45, 2.75) is 0 Å². The molecule has 0 radical (unpaired) electrons. The molecule has 16 heavy (non-hydrogen) atoms. The predicted octanol–water partition coefficient (Wildman–Crippen LogP) is 0.993. The summed E-state index contributed by atoms with van der Waals surface area (Å²) in [5.41, 5.74) is 0.00698. The Labute approximate surface area is 96.0 Å². The van der Waals surface area contributed by atoms with E-state index in [0.29, 0.717) is 11.1 Å². The van der Waals surface area contributed by atoms with Crippen molar-refractivity contribution in [2.24, 2.45) is 0 Å². The van der Waals surface area contributed by atoms with Gasteiger partial charge in [0.05, 0.1) is 0 Å².